The number of nitriles is 1. The summed E-state index contributed by atoms with van der Waals surface area (Å²) >= 11 is 7.72. The summed E-state index contributed by atoms with van der Waals surface area (Å²) in [6, 6.07) is 14.1. The van der Waals surface area contributed by atoms with Crippen LogP contribution in [0.4, 0.5) is 4.39 Å². The van der Waals surface area contributed by atoms with Crippen molar-refractivity contribution in [2.45, 2.75) is 12.1 Å². The molecule has 7 nitrogen and oxygen atoms in total. The number of rotatable bonds is 6. The van der Waals surface area contributed by atoms with E-state index in [4.69, 9.17) is 22.2 Å². The Labute approximate surface area is 200 Å². The van der Waals surface area contributed by atoms with Crippen LogP contribution in [0.5, 0.6) is 0 Å². The Balaban J connectivity index is 1.91. The molecule has 0 fully saturated rings. The van der Waals surface area contributed by atoms with Gasteiger partial charge in [-0.05, 0) is 67.7 Å². The zero-order chi connectivity index (χ0) is 23.5. The normalized spacial score (nSPS) is 10.8. The Kier molecular flexibility index (Phi) is 6.69. The van der Waals surface area contributed by atoms with Crippen molar-refractivity contribution < 1.29 is 13.9 Å². The van der Waals surface area contributed by atoms with E-state index >= 15 is 0 Å². The van der Waals surface area contributed by atoms with E-state index in [9.17, 15) is 14.0 Å². The SMILES string of the molecule is CCOC(=O)c1ccc(-n2c(=S)sc3c(=O)n(-c4ccc(F)cc4)c(SCC#N)nc32)cc1. The van der Waals surface area contributed by atoms with Gasteiger partial charge in [-0.15, -0.1) is 0 Å². The topological polar surface area (TPSA) is 89.9 Å². The third kappa shape index (κ3) is 4.45. The molecule has 0 aliphatic rings. The van der Waals surface area contributed by atoms with Gasteiger partial charge in [0.2, 0.25) is 0 Å². The number of fused-ring (bicyclic) bond motifs is 1. The van der Waals surface area contributed by atoms with Crippen molar-refractivity contribution in [1.82, 2.24) is 14.1 Å². The number of thioether (sulfide) groups is 1. The molecule has 0 aliphatic carbocycles. The highest BCUT2D eigenvalue weighted by atomic mass is 32.2. The fourth-order valence-corrected chi connectivity index (χ4v) is 5.10. The molecule has 0 amide bonds. The monoisotopic (exact) mass is 498 g/mol. The first-order valence-corrected chi connectivity index (χ1v) is 11.9. The number of aromatic nitrogens is 3. The van der Waals surface area contributed by atoms with Gasteiger partial charge in [0.1, 0.15) is 10.5 Å². The molecule has 166 valence electrons. The highest BCUT2D eigenvalue weighted by molar-refractivity contribution is 7.99. The van der Waals surface area contributed by atoms with Crippen molar-refractivity contribution in [2.24, 2.45) is 0 Å². The summed E-state index contributed by atoms with van der Waals surface area (Å²) in [6.07, 6.45) is 0. The first-order chi connectivity index (χ1) is 15.9. The minimum absolute atomic E-state index is 0.0677. The van der Waals surface area contributed by atoms with E-state index < -0.39 is 11.8 Å². The third-order valence-electron chi connectivity index (χ3n) is 4.56. The molecule has 2 aromatic heterocycles. The zero-order valence-corrected chi connectivity index (χ0v) is 19.6. The van der Waals surface area contributed by atoms with Gasteiger partial charge in [0.05, 0.1) is 29.7 Å². The van der Waals surface area contributed by atoms with E-state index in [2.05, 4.69) is 4.98 Å². The zero-order valence-electron chi connectivity index (χ0n) is 17.1. The number of halogens is 1. The van der Waals surface area contributed by atoms with Crippen LogP contribution in [0.3, 0.4) is 0 Å². The molecule has 4 aromatic rings. The third-order valence-corrected chi connectivity index (χ3v) is 6.72. The van der Waals surface area contributed by atoms with Crippen LogP contribution >= 0.6 is 35.3 Å². The number of hydrogen-bond acceptors (Lipinski definition) is 8. The Morgan fingerprint density at radius 3 is 2.45 bits per heavy atom. The van der Waals surface area contributed by atoms with Gasteiger partial charge in [0.25, 0.3) is 5.56 Å². The summed E-state index contributed by atoms with van der Waals surface area (Å²) in [5.41, 5.74) is 1.43. The van der Waals surface area contributed by atoms with E-state index in [0.717, 1.165) is 23.1 Å². The molecule has 2 heterocycles. The number of esters is 1. The Bertz CT molecular complexity index is 1500. The maximum Gasteiger partial charge on any atom is 0.338 e. The second-order valence-electron chi connectivity index (χ2n) is 6.58. The van der Waals surface area contributed by atoms with Gasteiger partial charge in [0, 0.05) is 5.69 Å². The van der Waals surface area contributed by atoms with Crippen LogP contribution in [0.25, 0.3) is 21.7 Å². The predicted molar refractivity (Wildman–Crippen MR) is 128 cm³/mol. The number of carbonyl (C=O) groups is 1. The lowest BCUT2D eigenvalue weighted by molar-refractivity contribution is 0.0526. The van der Waals surface area contributed by atoms with Crippen LogP contribution in [0.1, 0.15) is 17.3 Å². The van der Waals surface area contributed by atoms with Crippen molar-refractivity contribution in [1.29, 1.82) is 5.26 Å². The smallest absolute Gasteiger partial charge is 0.338 e. The van der Waals surface area contributed by atoms with Crippen molar-refractivity contribution in [3.63, 3.8) is 0 Å². The largest absolute Gasteiger partial charge is 0.462 e. The van der Waals surface area contributed by atoms with Crippen LogP contribution in [-0.4, -0.2) is 32.4 Å². The van der Waals surface area contributed by atoms with Crippen molar-refractivity contribution in [3.8, 4) is 17.4 Å². The molecule has 4 rings (SSSR count). The van der Waals surface area contributed by atoms with Crippen LogP contribution in [0.2, 0.25) is 0 Å². The summed E-state index contributed by atoms with van der Waals surface area (Å²) in [5, 5.41) is 9.34. The highest BCUT2D eigenvalue weighted by Crippen LogP contribution is 2.27. The molecule has 0 N–H and O–H groups in total. The summed E-state index contributed by atoms with van der Waals surface area (Å²) in [6.45, 7) is 2.00. The molecular formula is C22H15FN4O3S3. The minimum atomic E-state index is -0.432. The molecule has 0 spiro atoms. The van der Waals surface area contributed by atoms with Crippen LogP contribution < -0.4 is 5.56 Å². The van der Waals surface area contributed by atoms with Gasteiger partial charge in [-0.1, -0.05) is 23.1 Å². The molecule has 0 bridgehead atoms. The van der Waals surface area contributed by atoms with Gasteiger partial charge < -0.3 is 4.74 Å². The number of carbonyl (C=O) groups excluding carboxylic acids is 1. The molecular weight excluding hydrogens is 483 g/mol. The van der Waals surface area contributed by atoms with Gasteiger partial charge in [-0.3, -0.25) is 13.9 Å². The lowest BCUT2D eigenvalue weighted by atomic mass is 10.2. The summed E-state index contributed by atoms with van der Waals surface area (Å²) in [4.78, 5) is 30.0. The highest BCUT2D eigenvalue weighted by Gasteiger charge is 2.19. The van der Waals surface area contributed by atoms with E-state index in [0.29, 0.717) is 31.2 Å². The summed E-state index contributed by atoms with van der Waals surface area (Å²) in [7, 11) is 0. The number of benzene rings is 2. The maximum absolute atomic E-state index is 13.4. The molecule has 2 aromatic carbocycles. The van der Waals surface area contributed by atoms with E-state index in [1.165, 1.54) is 28.8 Å². The molecule has 11 heteroatoms. The molecule has 0 saturated carbocycles. The predicted octanol–water partition coefficient (Wildman–Crippen LogP) is 4.90. The van der Waals surface area contributed by atoms with Gasteiger partial charge >= 0.3 is 5.97 Å². The molecule has 0 saturated heterocycles. The average Bonchev–Trinajstić information content (AvgIpc) is 3.15. The molecule has 0 atom stereocenters. The van der Waals surface area contributed by atoms with E-state index in [1.807, 2.05) is 6.07 Å². The Hall–Kier alpha value is -3.33. The van der Waals surface area contributed by atoms with Crippen molar-refractivity contribution in [3.05, 3.63) is 74.2 Å². The van der Waals surface area contributed by atoms with Gasteiger partial charge in [0.15, 0.2) is 14.8 Å². The van der Waals surface area contributed by atoms with E-state index in [-0.39, 0.29) is 23.1 Å². The van der Waals surface area contributed by atoms with Crippen molar-refractivity contribution in [2.75, 3.05) is 12.4 Å². The average molecular weight is 499 g/mol. The first-order valence-electron chi connectivity index (χ1n) is 9.66. The lowest BCUT2D eigenvalue weighted by Gasteiger charge is -2.12. The maximum atomic E-state index is 13.4. The quantitative estimate of drug-likeness (QED) is 0.162. The van der Waals surface area contributed by atoms with Gasteiger partial charge in [-0.25, -0.2) is 14.2 Å². The van der Waals surface area contributed by atoms with Crippen LogP contribution in [0.15, 0.2) is 58.5 Å². The lowest BCUT2D eigenvalue weighted by Crippen LogP contribution is -2.21. The number of nitrogens with zero attached hydrogens (tertiary/aromatic N) is 4. The summed E-state index contributed by atoms with van der Waals surface area (Å²) in [5.74, 6) is -0.795. The molecule has 0 unspecified atom stereocenters. The number of hydrogen-bond donors (Lipinski definition) is 0. The second kappa shape index (κ2) is 9.66. The first kappa shape index (κ1) is 22.8. The van der Waals surface area contributed by atoms with Crippen LogP contribution in [-0.2, 0) is 4.74 Å². The van der Waals surface area contributed by atoms with Crippen molar-refractivity contribution >= 4 is 51.6 Å². The number of ether oxygens (including phenoxy) is 1. The van der Waals surface area contributed by atoms with Crippen LogP contribution in [0, 0.1) is 21.1 Å². The molecule has 0 radical (unpaired) electrons. The second-order valence-corrected chi connectivity index (χ2v) is 9.17. The van der Waals surface area contributed by atoms with E-state index in [1.54, 1.807) is 35.8 Å². The number of thiazole rings is 1. The fourth-order valence-electron chi connectivity index (χ4n) is 3.14. The molecule has 0 aliphatic heterocycles. The standard InChI is InChI=1S/C22H15FN4O3S3/c1-2-30-20(29)13-3-7-15(8-4-13)26-18-17(33-22(26)31)19(28)27(21(25-18)32-12-11-24)16-9-5-14(23)6-10-16/h3-10H,2,12H2,1H3. The van der Waals surface area contributed by atoms with Gasteiger partial charge in [-0.2, -0.15) is 5.26 Å². The Morgan fingerprint density at radius 2 is 1.82 bits per heavy atom. The summed E-state index contributed by atoms with van der Waals surface area (Å²) < 4.78 is 22.2. The minimum Gasteiger partial charge on any atom is -0.462 e. The Morgan fingerprint density at radius 1 is 1.18 bits per heavy atom. The fraction of sp³-hybridized carbons (Fsp3) is 0.136. The molecule has 33 heavy (non-hydrogen) atoms.